The zero-order chi connectivity index (χ0) is 11.0. The molecule has 2 heterocycles. The molecule has 15 heavy (non-hydrogen) atoms. The van der Waals surface area contributed by atoms with Gasteiger partial charge in [0, 0.05) is 0 Å². The van der Waals surface area contributed by atoms with Gasteiger partial charge in [-0.15, -0.1) is 11.3 Å². The number of thiazole rings is 1. The van der Waals surface area contributed by atoms with E-state index >= 15 is 0 Å². The summed E-state index contributed by atoms with van der Waals surface area (Å²) < 4.78 is 0.884. The van der Waals surface area contributed by atoms with Gasteiger partial charge in [-0.05, 0) is 18.3 Å². The summed E-state index contributed by atoms with van der Waals surface area (Å²) in [7, 11) is 0. The van der Waals surface area contributed by atoms with E-state index < -0.39 is 0 Å². The number of aromatic hydroxyl groups is 1. The number of aromatic amines is 1. The Labute approximate surface area is 103 Å². The van der Waals surface area contributed by atoms with Gasteiger partial charge in [0.2, 0.25) is 5.88 Å². The van der Waals surface area contributed by atoms with Gasteiger partial charge >= 0.3 is 0 Å². The number of amides is 1. The minimum absolute atomic E-state index is 0.0243. The SMILES string of the molecule is O=C1NC(=S)SC1=Cc1sc(=S)[nH]c1O. The Hall–Kier alpha value is -0.700. The molecule has 0 aliphatic carbocycles. The largest absolute Gasteiger partial charge is 0.494 e. The van der Waals surface area contributed by atoms with Crippen molar-refractivity contribution in [3.05, 3.63) is 13.7 Å². The number of H-pyrrole nitrogens is 1. The summed E-state index contributed by atoms with van der Waals surface area (Å²) in [6.45, 7) is 0. The van der Waals surface area contributed by atoms with E-state index in [4.69, 9.17) is 24.4 Å². The summed E-state index contributed by atoms with van der Waals surface area (Å²) >= 11 is 12.1. The van der Waals surface area contributed by atoms with E-state index in [1.165, 1.54) is 23.1 Å². The number of thioether (sulfide) groups is 1. The molecule has 0 atom stereocenters. The van der Waals surface area contributed by atoms with Crippen molar-refractivity contribution in [2.75, 3.05) is 0 Å². The highest BCUT2D eigenvalue weighted by molar-refractivity contribution is 8.26. The first-order valence-corrected chi connectivity index (χ1v) is 6.18. The molecule has 0 spiro atoms. The zero-order valence-electron chi connectivity index (χ0n) is 7.07. The third-order valence-corrected chi connectivity index (χ3v) is 3.89. The Morgan fingerprint density at radius 3 is 2.60 bits per heavy atom. The monoisotopic (exact) mass is 276 g/mol. The molecule has 1 aromatic heterocycles. The molecule has 0 saturated carbocycles. The lowest BCUT2D eigenvalue weighted by atomic mass is 10.4. The second kappa shape index (κ2) is 4.05. The highest BCUT2D eigenvalue weighted by Crippen LogP contribution is 2.30. The van der Waals surface area contributed by atoms with Crippen molar-refractivity contribution in [2.24, 2.45) is 0 Å². The van der Waals surface area contributed by atoms with E-state index in [2.05, 4.69) is 10.3 Å². The normalized spacial score (nSPS) is 18.5. The lowest BCUT2D eigenvalue weighted by Crippen LogP contribution is -2.17. The van der Waals surface area contributed by atoms with Crippen molar-refractivity contribution < 1.29 is 9.90 Å². The number of thiocarbonyl (C=S) groups is 1. The molecule has 1 aromatic rings. The molecule has 2 rings (SSSR count). The molecule has 1 saturated heterocycles. The molecule has 0 unspecified atom stereocenters. The molecule has 4 nitrogen and oxygen atoms in total. The van der Waals surface area contributed by atoms with Crippen LogP contribution in [0.1, 0.15) is 4.88 Å². The van der Waals surface area contributed by atoms with Gasteiger partial charge in [0.25, 0.3) is 5.91 Å². The van der Waals surface area contributed by atoms with Crippen LogP contribution in [0, 0.1) is 3.95 Å². The van der Waals surface area contributed by atoms with Gasteiger partial charge in [-0.2, -0.15) is 0 Å². The van der Waals surface area contributed by atoms with Gasteiger partial charge in [-0.1, -0.05) is 24.0 Å². The maximum absolute atomic E-state index is 11.3. The molecule has 0 radical (unpaired) electrons. The molecule has 78 valence electrons. The Kier molecular flexibility index (Phi) is 2.91. The van der Waals surface area contributed by atoms with Crippen LogP contribution in [-0.4, -0.2) is 20.3 Å². The lowest BCUT2D eigenvalue weighted by Gasteiger charge is -1.90. The average molecular weight is 276 g/mol. The van der Waals surface area contributed by atoms with Crippen LogP contribution >= 0.6 is 47.5 Å². The zero-order valence-corrected chi connectivity index (χ0v) is 10.3. The van der Waals surface area contributed by atoms with E-state index in [0.717, 1.165) is 0 Å². The fourth-order valence-corrected chi connectivity index (χ4v) is 3.11. The minimum atomic E-state index is -0.247. The highest BCUT2D eigenvalue weighted by atomic mass is 32.2. The van der Waals surface area contributed by atoms with E-state index in [1.807, 2.05) is 0 Å². The first-order chi connectivity index (χ1) is 7.06. The molecule has 1 fully saturated rings. The van der Waals surface area contributed by atoms with E-state index in [9.17, 15) is 9.90 Å². The number of carbonyl (C=O) groups is 1. The van der Waals surface area contributed by atoms with Crippen LogP contribution < -0.4 is 5.32 Å². The third-order valence-electron chi connectivity index (χ3n) is 1.56. The molecular formula is C7H4N2O2S4. The lowest BCUT2D eigenvalue weighted by molar-refractivity contribution is -0.115. The van der Waals surface area contributed by atoms with E-state index in [1.54, 1.807) is 6.08 Å². The standard InChI is InChI=1S/C7H4N2O2S4/c10-4-2(14-6(12)8-4)1-3-5(11)9-7(13)15-3/h1,10H,(H,8,12)(H,9,11,13). The van der Waals surface area contributed by atoms with Gasteiger partial charge in [0.1, 0.15) is 4.32 Å². The maximum Gasteiger partial charge on any atom is 0.263 e. The summed E-state index contributed by atoms with van der Waals surface area (Å²) in [6.07, 6.45) is 1.56. The molecule has 0 aromatic carbocycles. The molecule has 1 amide bonds. The van der Waals surface area contributed by atoms with Crippen molar-refractivity contribution in [3.8, 4) is 5.88 Å². The van der Waals surface area contributed by atoms with E-state index in [-0.39, 0.29) is 11.8 Å². The van der Waals surface area contributed by atoms with Crippen LogP contribution in [0.3, 0.4) is 0 Å². The number of nitrogens with one attached hydrogen (secondary N) is 2. The molecule has 3 N–H and O–H groups in total. The van der Waals surface area contributed by atoms with Crippen molar-refractivity contribution in [1.82, 2.24) is 10.3 Å². The Morgan fingerprint density at radius 1 is 1.40 bits per heavy atom. The predicted octanol–water partition coefficient (Wildman–Crippen LogP) is 2.00. The summed E-state index contributed by atoms with van der Waals surface area (Å²) in [5.74, 6) is -0.271. The van der Waals surface area contributed by atoms with Crippen molar-refractivity contribution in [2.45, 2.75) is 0 Å². The molecular weight excluding hydrogens is 272 g/mol. The highest BCUT2D eigenvalue weighted by Gasteiger charge is 2.22. The van der Waals surface area contributed by atoms with Crippen LogP contribution in [0.4, 0.5) is 0 Å². The van der Waals surface area contributed by atoms with Crippen LogP contribution in [0.25, 0.3) is 6.08 Å². The number of hydrogen-bond donors (Lipinski definition) is 3. The Bertz CT molecular complexity index is 527. The number of hydrogen-bond acceptors (Lipinski definition) is 6. The average Bonchev–Trinajstić information content (AvgIpc) is 2.58. The Morgan fingerprint density at radius 2 is 2.13 bits per heavy atom. The molecule has 0 bridgehead atoms. The van der Waals surface area contributed by atoms with Crippen LogP contribution in [-0.2, 0) is 4.79 Å². The quantitative estimate of drug-likeness (QED) is 0.541. The van der Waals surface area contributed by atoms with Crippen molar-refractivity contribution in [3.63, 3.8) is 0 Å². The third kappa shape index (κ3) is 2.28. The Balaban J connectivity index is 2.38. The topological polar surface area (TPSA) is 65.1 Å². The van der Waals surface area contributed by atoms with Crippen LogP contribution in [0.15, 0.2) is 4.91 Å². The first-order valence-electron chi connectivity index (χ1n) is 3.73. The van der Waals surface area contributed by atoms with E-state index in [0.29, 0.717) is 18.1 Å². The molecule has 1 aliphatic heterocycles. The maximum atomic E-state index is 11.3. The minimum Gasteiger partial charge on any atom is -0.494 e. The second-order valence-electron chi connectivity index (χ2n) is 2.58. The van der Waals surface area contributed by atoms with Gasteiger partial charge in [-0.25, -0.2) is 0 Å². The van der Waals surface area contributed by atoms with Crippen molar-refractivity contribution in [1.29, 1.82) is 0 Å². The van der Waals surface area contributed by atoms with Gasteiger partial charge in [-0.3, -0.25) is 4.79 Å². The smallest absolute Gasteiger partial charge is 0.263 e. The van der Waals surface area contributed by atoms with Gasteiger partial charge < -0.3 is 15.4 Å². The predicted molar refractivity (Wildman–Crippen MR) is 67.5 cm³/mol. The van der Waals surface area contributed by atoms with Crippen LogP contribution in [0.2, 0.25) is 0 Å². The number of carbonyl (C=O) groups excluding carboxylic acids is 1. The summed E-state index contributed by atoms with van der Waals surface area (Å²) in [5, 5.41) is 11.9. The van der Waals surface area contributed by atoms with Gasteiger partial charge in [0.05, 0.1) is 9.78 Å². The summed E-state index contributed by atoms with van der Waals surface area (Å²) in [4.78, 5) is 14.9. The number of aromatic nitrogens is 1. The fourth-order valence-electron chi connectivity index (χ4n) is 0.970. The summed E-state index contributed by atoms with van der Waals surface area (Å²) in [6, 6.07) is 0. The molecule has 1 aliphatic rings. The second-order valence-corrected chi connectivity index (χ2v) is 6.02. The number of rotatable bonds is 1. The van der Waals surface area contributed by atoms with Gasteiger partial charge in [0.15, 0.2) is 3.95 Å². The summed E-state index contributed by atoms with van der Waals surface area (Å²) in [5.41, 5.74) is 0. The fraction of sp³-hybridized carbons (Fsp3) is 0. The first kappa shape index (κ1) is 10.8. The molecule has 8 heteroatoms. The van der Waals surface area contributed by atoms with Crippen molar-refractivity contribution >= 4 is 63.8 Å². The van der Waals surface area contributed by atoms with Crippen LogP contribution in [0.5, 0.6) is 5.88 Å².